The van der Waals surface area contributed by atoms with Crippen LogP contribution in [-0.4, -0.2) is 26.5 Å². The standard InChI is InChI=1S/C9H10ClN5/c10-9-13-4-2-8(15-9)12-3-1-7-5-11-6-14-7/h2,4-6H,1,3H2,(H,11,14)(H,12,13,15). The minimum atomic E-state index is 0.250. The van der Waals surface area contributed by atoms with Gasteiger partial charge in [-0.05, 0) is 17.7 Å². The van der Waals surface area contributed by atoms with Gasteiger partial charge in [-0.2, -0.15) is 0 Å². The van der Waals surface area contributed by atoms with E-state index in [1.54, 1.807) is 18.6 Å². The average Bonchev–Trinajstić information content (AvgIpc) is 2.71. The van der Waals surface area contributed by atoms with Crippen molar-refractivity contribution >= 4 is 17.4 Å². The second kappa shape index (κ2) is 4.75. The third kappa shape index (κ3) is 2.92. The van der Waals surface area contributed by atoms with Crippen molar-refractivity contribution in [1.29, 1.82) is 0 Å². The number of nitrogens with one attached hydrogen (secondary N) is 2. The van der Waals surface area contributed by atoms with E-state index in [1.165, 1.54) is 0 Å². The molecule has 0 spiro atoms. The minimum Gasteiger partial charge on any atom is -0.370 e. The highest BCUT2D eigenvalue weighted by Gasteiger charge is 1.97. The van der Waals surface area contributed by atoms with Crippen molar-refractivity contribution in [2.45, 2.75) is 6.42 Å². The Morgan fingerprint density at radius 2 is 2.33 bits per heavy atom. The predicted octanol–water partition coefficient (Wildman–Crippen LogP) is 1.51. The normalized spacial score (nSPS) is 10.2. The Balaban J connectivity index is 1.83. The van der Waals surface area contributed by atoms with Crippen LogP contribution in [0.5, 0.6) is 0 Å². The Morgan fingerprint density at radius 3 is 3.07 bits per heavy atom. The van der Waals surface area contributed by atoms with Crippen LogP contribution in [0.15, 0.2) is 24.8 Å². The zero-order chi connectivity index (χ0) is 10.5. The summed E-state index contributed by atoms with van der Waals surface area (Å²) in [5.74, 6) is 0.727. The van der Waals surface area contributed by atoms with Gasteiger partial charge in [-0.3, -0.25) is 0 Å². The number of rotatable bonds is 4. The highest BCUT2D eigenvalue weighted by molar-refractivity contribution is 6.28. The monoisotopic (exact) mass is 223 g/mol. The summed E-state index contributed by atoms with van der Waals surface area (Å²) in [5.41, 5.74) is 1.02. The van der Waals surface area contributed by atoms with Crippen molar-refractivity contribution in [3.8, 4) is 0 Å². The van der Waals surface area contributed by atoms with Gasteiger partial charge in [0.25, 0.3) is 0 Å². The van der Waals surface area contributed by atoms with Crippen LogP contribution < -0.4 is 5.32 Å². The molecule has 2 N–H and O–H groups in total. The smallest absolute Gasteiger partial charge is 0.224 e. The zero-order valence-corrected chi connectivity index (χ0v) is 8.70. The molecule has 78 valence electrons. The maximum absolute atomic E-state index is 5.64. The topological polar surface area (TPSA) is 66.5 Å². The van der Waals surface area contributed by atoms with E-state index in [9.17, 15) is 0 Å². The first kappa shape index (κ1) is 9.92. The van der Waals surface area contributed by atoms with Gasteiger partial charge in [0.1, 0.15) is 5.82 Å². The third-order valence-electron chi connectivity index (χ3n) is 1.87. The maximum Gasteiger partial charge on any atom is 0.224 e. The van der Waals surface area contributed by atoms with Crippen molar-refractivity contribution < 1.29 is 0 Å². The summed E-state index contributed by atoms with van der Waals surface area (Å²) >= 11 is 5.64. The summed E-state index contributed by atoms with van der Waals surface area (Å²) in [7, 11) is 0. The van der Waals surface area contributed by atoms with Gasteiger partial charge in [-0.25, -0.2) is 15.0 Å². The highest BCUT2D eigenvalue weighted by atomic mass is 35.5. The van der Waals surface area contributed by atoms with Crippen LogP contribution >= 0.6 is 11.6 Å². The summed E-state index contributed by atoms with van der Waals surface area (Å²) in [6, 6.07) is 1.77. The molecule has 0 bridgehead atoms. The molecule has 15 heavy (non-hydrogen) atoms. The third-order valence-corrected chi connectivity index (χ3v) is 2.05. The van der Waals surface area contributed by atoms with Gasteiger partial charge in [-0.15, -0.1) is 0 Å². The fraction of sp³-hybridized carbons (Fsp3) is 0.222. The number of anilines is 1. The number of hydrogen-bond donors (Lipinski definition) is 2. The van der Waals surface area contributed by atoms with Crippen LogP contribution in [0.1, 0.15) is 5.69 Å². The van der Waals surface area contributed by atoms with Gasteiger partial charge in [-0.1, -0.05) is 0 Å². The molecule has 2 heterocycles. The maximum atomic E-state index is 5.64. The summed E-state index contributed by atoms with van der Waals surface area (Å²) in [4.78, 5) is 14.8. The number of halogens is 1. The van der Waals surface area contributed by atoms with Gasteiger partial charge in [0.15, 0.2) is 0 Å². The quantitative estimate of drug-likeness (QED) is 0.771. The van der Waals surface area contributed by atoms with Crippen molar-refractivity contribution in [1.82, 2.24) is 19.9 Å². The van der Waals surface area contributed by atoms with Crippen LogP contribution in [0.4, 0.5) is 5.82 Å². The lowest BCUT2D eigenvalue weighted by molar-refractivity contribution is 0.964. The SMILES string of the molecule is Clc1nccc(NCCc2c[nH]cn2)n1. The van der Waals surface area contributed by atoms with E-state index in [2.05, 4.69) is 25.3 Å². The summed E-state index contributed by atoms with van der Waals surface area (Å²) < 4.78 is 0. The Kier molecular flexibility index (Phi) is 3.14. The van der Waals surface area contributed by atoms with E-state index in [1.807, 2.05) is 6.20 Å². The number of aromatic amines is 1. The zero-order valence-electron chi connectivity index (χ0n) is 7.94. The molecule has 0 aliphatic rings. The molecule has 0 amide bonds. The average molecular weight is 224 g/mol. The molecular formula is C9H10ClN5. The number of imidazole rings is 1. The lowest BCUT2D eigenvalue weighted by Crippen LogP contribution is -2.06. The van der Waals surface area contributed by atoms with E-state index >= 15 is 0 Å². The Labute approximate surface area is 91.9 Å². The largest absolute Gasteiger partial charge is 0.370 e. The Hall–Kier alpha value is -1.62. The minimum absolute atomic E-state index is 0.250. The number of nitrogens with zero attached hydrogens (tertiary/aromatic N) is 3. The van der Waals surface area contributed by atoms with Gasteiger partial charge in [0, 0.05) is 25.4 Å². The lowest BCUT2D eigenvalue weighted by atomic mass is 10.3. The summed E-state index contributed by atoms with van der Waals surface area (Å²) in [5, 5.41) is 3.38. The molecule has 0 saturated heterocycles. The molecule has 0 unspecified atom stereocenters. The van der Waals surface area contributed by atoms with Gasteiger partial charge in [0.2, 0.25) is 5.28 Å². The molecule has 0 aliphatic carbocycles. The van der Waals surface area contributed by atoms with Crippen molar-refractivity contribution in [2.75, 3.05) is 11.9 Å². The predicted molar refractivity (Wildman–Crippen MR) is 57.8 cm³/mol. The molecule has 5 nitrogen and oxygen atoms in total. The fourth-order valence-corrected chi connectivity index (χ4v) is 1.33. The first-order chi connectivity index (χ1) is 7.34. The van der Waals surface area contributed by atoms with Crippen molar-refractivity contribution in [2.24, 2.45) is 0 Å². The van der Waals surface area contributed by atoms with Crippen LogP contribution in [0.2, 0.25) is 5.28 Å². The molecule has 0 radical (unpaired) electrons. The molecule has 0 aromatic carbocycles. The molecule has 6 heteroatoms. The molecule has 2 aromatic heterocycles. The van der Waals surface area contributed by atoms with E-state index in [-0.39, 0.29) is 5.28 Å². The van der Waals surface area contributed by atoms with Gasteiger partial charge in [0.05, 0.1) is 12.0 Å². The van der Waals surface area contributed by atoms with Crippen molar-refractivity contribution in [3.05, 3.63) is 35.8 Å². The molecule has 0 fully saturated rings. The van der Waals surface area contributed by atoms with Gasteiger partial charge >= 0.3 is 0 Å². The van der Waals surface area contributed by atoms with Gasteiger partial charge < -0.3 is 10.3 Å². The van der Waals surface area contributed by atoms with Crippen LogP contribution in [0.25, 0.3) is 0 Å². The van der Waals surface area contributed by atoms with E-state index in [0.29, 0.717) is 0 Å². The summed E-state index contributed by atoms with van der Waals surface area (Å²) in [6.45, 7) is 0.762. The second-order valence-electron chi connectivity index (χ2n) is 2.95. The van der Waals surface area contributed by atoms with Crippen molar-refractivity contribution in [3.63, 3.8) is 0 Å². The summed E-state index contributed by atoms with van der Waals surface area (Å²) in [6.07, 6.45) is 5.99. The lowest BCUT2D eigenvalue weighted by Gasteiger charge is -2.03. The van der Waals surface area contributed by atoms with E-state index in [0.717, 1.165) is 24.5 Å². The van der Waals surface area contributed by atoms with Crippen LogP contribution in [0.3, 0.4) is 0 Å². The van der Waals surface area contributed by atoms with Crippen LogP contribution in [0, 0.1) is 0 Å². The molecule has 2 aromatic rings. The number of aromatic nitrogens is 4. The second-order valence-corrected chi connectivity index (χ2v) is 3.29. The first-order valence-corrected chi connectivity index (χ1v) is 4.92. The fourth-order valence-electron chi connectivity index (χ4n) is 1.18. The molecule has 2 rings (SSSR count). The Bertz CT molecular complexity index is 414. The van der Waals surface area contributed by atoms with E-state index < -0.39 is 0 Å². The molecular weight excluding hydrogens is 214 g/mol. The van der Waals surface area contributed by atoms with Crippen LogP contribution in [-0.2, 0) is 6.42 Å². The number of hydrogen-bond acceptors (Lipinski definition) is 4. The van der Waals surface area contributed by atoms with E-state index in [4.69, 9.17) is 11.6 Å². The number of H-pyrrole nitrogens is 1. The Morgan fingerprint density at radius 1 is 1.40 bits per heavy atom. The molecule has 0 aliphatic heterocycles. The molecule has 0 saturated carbocycles. The highest BCUT2D eigenvalue weighted by Crippen LogP contribution is 2.05. The first-order valence-electron chi connectivity index (χ1n) is 4.54. The molecule has 0 atom stereocenters.